The molecule has 20 heavy (non-hydrogen) atoms. The molecule has 4 heteroatoms. The predicted octanol–water partition coefficient (Wildman–Crippen LogP) is 3.35. The smallest absolute Gasteiger partial charge is 0.323 e. The van der Waals surface area contributed by atoms with Crippen molar-refractivity contribution in [2.75, 3.05) is 20.3 Å². The van der Waals surface area contributed by atoms with Crippen molar-refractivity contribution in [3.05, 3.63) is 0 Å². The van der Waals surface area contributed by atoms with E-state index < -0.39 is 11.5 Å². The number of carbonyl (C=O) groups is 1. The summed E-state index contributed by atoms with van der Waals surface area (Å²) in [6.45, 7) is 1.18. The third-order valence-electron chi connectivity index (χ3n) is 4.39. The number of aliphatic carboxylic acids is 1. The zero-order valence-corrected chi connectivity index (χ0v) is 13.0. The van der Waals surface area contributed by atoms with Crippen LogP contribution in [0.1, 0.15) is 70.6 Å². The minimum Gasteiger partial charge on any atom is -0.480 e. The number of nitrogens with one attached hydrogen (secondary N) is 1. The second-order valence-electron chi connectivity index (χ2n) is 5.99. The Morgan fingerprint density at radius 2 is 1.45 bits per heavy atom. The van der Waals surface area contributed by atoms with Crippen LogP contribution in [0.25, 0.3) is 0 Å². The molecule has 0 aromatic carbocycles. The van der Waals surface area contributed by atoms with Crippen LogP contribution < -0.4 is 5.32 Å². The first-order valence-electron chi connectivity index (χ1n) is 8.19. The Hall–Kier alpha value is -0.610. The van der Waals surface area contributed by atoms with E-state index in [1.54, 1.807) is 7.11 Å². The van der Waals surface area contributed by atoms with E-state index >= 15 is 0 Å². The average Bonchev–Trinajstić information content (AvgIpc) is 2.41. The Kier molecular flexibility index (Phi) is 8.86. The van der Waals surface area contributed by atoms with E-state index in [1.165, 1.54) is 32.1 Å². The van der Waals surface area contributed by atoms with E-state index in [-0.39, 0.29) is 0 Å². The van der Waals surface area contributed by atoms with Gasteiger partial charge in [-0.1, -0.05) is 57.8 Å². The first kappa shape index (κ1) is 17.4. The molecule has 1 aliphatic carbocycles. The molecule has 0 aliphatic heterocycles. The number of methoxy groups -OCH3 is 1. The van der Waals surface area contributed by atoms with Crippen LogP contribution in [0.3, 0.4) is 0 Å². The molecule has 4 nitrogen and oxygen atoms in total. The van der Waals surface area contributed by atoms with Crippen molar-refractivity contribution in [3.8, 4) is 0 Å². The Bertz CT molecular complexity index is 256. The molecule has 0 radical (unpaired) electrons. The van der Waals surface area contributed by atoms with Crippen LogP contribution in [0.2, 0.25) is 0 Å². The van der Waals surface area contributed by atoms with Crippen LogP contribution >= 0.6 is 0 Å². The first-order chi connectivity index (χ1) is 9.71. The summed E-state index contributed by atoms with van der Waals surface area (Å²) in [7, 11) is 1.65. The molecule has 1 rings (SSSR count). The van der Waals surface area contributed by atoms with E-state index in [4.69, 9.17) is 4.74 Å². The van der Waals surface area contributed by atoms with Gasteiger partial charge in [-0.15, -0.1) is 0 Å². The van der Waals surface area contributed by atoms with Gasteiger partial charge in [0, 0.05) is 13.7 Å². The maximum absolute atomic E-state index is 11.8. The standard InChI is InChI=1S/C16H31NO3/c1-20-14-13-17-16(15(18)19)11-9-7-5-3-2-4-6-8-10-12-16/h17H,2-14H2,1H3,(H,18,19). The van der Waals surface area contributed by atoms with Crippen molar-refractivity contribution in [1.82, 2.24) is 5.32 Å². The van der Waals surface area contributed by atoms with Gasteiger partial charge in [0.05, 0.1) is 6.61 Å². The number of carboxylic acids is 1. The fraction of sp³-hybridized carbons (Fsp3) is 0.938. The van der Waals surface area contributed by atoms with E-state index in [0.29, 0.717) is 13.2 Å². The molecule has 1 fully saturated rings. The second kappa shape index (κ2) is 10.2. The van der Waals surface area contributed by atoms with Crippen molar-refractivity contribution in [1.29, 1.82) is 0 Å². The quantitative estimate of drug-likeness (QED) is 0.761. The molecule has 0 atom stereocenters. The van der Waals surface area contributed by atoms with Gasteiger partial charge in [-0.05, 0) is 12.8 Å². The van der Waals surface area contributed by atoms with E-state index in [2.05, 4.69) is 5.32 Å². The van der Waals surface area contributed by atoms with Crippen molar-refractivity contribution < 1.29 is 14.6 Å². The minimum atomic E-state index is -0.738. The van der Waals surface area contributed by atoms with Crippen molar-refractivity contribution in [2.45, 2.75) is 76.2 Å². The Morgan fingerprint density at radius 3 is 1.85 bits per heavy atom. The van der Waals surface area contributed by atoms with Crippen molar-refractivity contribution in [3.63, 3.8) is 0 Å². The van der Waals surface area contributed by atoms with Crippen LogP contribution in [-0.2, 0) is 9.53 Å². The Labute approximate surface area is 123 Å². The SMILES string of the molecule is COCCNC1(C(=O)O)CCCCCCCCCCC1. The second-order valence-corrected chi connectivity index (χ2v) is 5.99. The van der Waals surface area contributed by atoms with Gasteiger partial charge >= 0.3 is 5.97 Å². The topological polar surface area (TPSA) is 58.6 Å². The van der Waals surface area contributed by atoms with Crippen molar-refractivity contribution >= 4 is 5.97 Å². The highest BCUT2D eigenvalue weighted by Crippen LogP contribution is 2.25. The largest absolute Gasteiger partial charge is 0.480 e. The zero-order chi connectivity index (χ0) is 14.7. The van der Waals surface area contributed by atoms with E-state index in [1.807, 2.05) is 0 Å². The Morgan fingerprint density at radius 1 is 1.00 bits per heavy atom. The van der Waals surface area contributed by atoms with Crippen LogP contribution in [0.5, 0.6) is 0 Å². The summed E-state index contributed by atoms with van der Waals surface area (Å²) in [5.41, 5.74) is -0.738. The van der Waals surface area contributed by atoms with Crippen LogP contribution in [0.15, 0.2) is 0 Å². The fourth-order valence-corrected chi connectivity index (χ4v) is 3.07. The summed E-state index contributed by atoms with van der Waals surface area (Å²) in [6.07, 6.45) is 12.2. The van der Waals surface area contributed by atoms with Crippen LogP contribution in [-0.4, -0.2) is 36.9 Å². The van der Waals surface area contributed by atoms with Gasteiger partial charge in [0.2, 0.25) is 0 Å². The molecule has 0 bridgehead atoms. The molecule has 0 heterocycles. The lowest BCUT2D eigenvalue weighted by Gasteiger charge is -2.31. The number of carboxylic acid groups (broad SMARTS) is 1. The highest BCUT2D eigenvalue weighted by molar-refractivity contribution is 5.78. The summed E-state index contributed by atoms with van der Waals surface area (Å²) in [6, 6.07) is 0. The van der Waals surface area contributed by atoms with Gasteiger partial charge < -0.3 is 9.84 Å². The first-order valence-corrected chi connectivity index (χ1v) is 8.19. The minimum absolute atomic E-state index is 0.565. The van der Waals surface area contributed by atoms with E-state index in [9.17, 15) is 9.90 Å². The maximum atomic E-state index is 11.8. The summed E-state index contributed by atoms with van der Waals surface area (Å²) in [5, 5.41) is 13.0. The lowest BCUT2D eigenvalue weighted by atomic mass is 9.85. The molecule has 0 spiro atoms. The molecule has 2 N–H and O–H groups in total. The van der Waals surface area contributed by atoms with Gasteiger partial charge in [-0.2, -0.15) is 0 Å². The fourth-order valence-electron chi connectivity index (χ4n) is 3.07. The lowest BCUT2D eigenvalue weighted by molar-refractivity contribution is -0.146. The predicted molar refractivity (Wildman–Crippen MR) is 81.0 cm³/mol. The molecular formula is C16H31NO3. The molecule has 0 aromatic rings. The van der Waals surface area contributed by atoms with Gasteiger partial charge in [0.1, 0.15) is 5.54 Å². The third-order valence-corrected chi connectivity index (χ3v) is 4.39. The number of hydrogen-bond acceptors (Lipinski definition) is 3. The summed E-state index contributed by atoms with van der Waals surface area (Å²) in [4.78, 5) is 11.8. The summed E-state index contributed by atoms with van der Waals surface area (Å²) < 4.78 is 5.04. The van der Waals surface area contributed by atoms with Crippen molar-refractivity contribution in [2.24, 2.45) is 0 Å². The maximum Gasteiger partial charge on any atom is 0.323 e. The third kappa shape index (κ3) is 6.23. The highest BCUT2D eigenvalue weighted by Gasteiger charge is 2.36. The molecular weight excluding hydrogens is 254 g/mol. The molecule has 0 unspecified atom stereocenters. The average molecular weight is 285 g/mol. The monoisotopic (exact) mass is 285 g/mol. The highest BCUT2D eigenvalue weighted by atomic mass is 16.5. The lowest BCUT2D eigenvalue weighted by Crippen LogP contribution is -2.53. The van der Waals surface area contributed by atoms with Gasteiger partial charge in [0.15, 0.2) is 0 Å². The molecule has 0 amide bonds. The molecule has 0 saturated heterocycles. The molecule has 1 aliphatic rings. The van der Waals surface area contributed by atoms with Gasteiger partial charge in [-0.25, -0.2) is 0 Å². The zero-order valence-electron chi connectivity index (χ0n) is 13.0. The van der Waals surface area contributed by atoms with E-state index in [0.717, 1.165) is 38.5 Å². The van der Waals surface area contributed by atoms with Gasteiger partial charge in [0.25, 0.3) is 0 Å². The molecule has 118 valence electrons. The number of hydrogen-bond donors (Lipinski definition) is 2. The van der Waals surface area contributed by atoms with Crippen LogP contribution in [0, 0.1) is 0 Å². The Balaban J connectivity index is 2.60. The number of ether oxygens (including phenoxy) is 1. The van der Waals surface area contributed by atoms with Crippen LogP contribution in [0.4, 0.5) is 0 Å². The molecule has 0 aromatic heterocycles. The number of rotatable bonds is 5. The molecule has 1 saturated carbocycles. The summed E-state index contributed by atoms with van der Waals surface area (Å²) >= 11 is 0. The summed E-state index contributed by atoms with van der Waals surface area (Å²) in [5.74, 6) is -0.689. The normalized spacial score (nSPS) is 21.6. The van der Waals surface area contributed by atoms with Gasteiger partial charge in [-0.3, -0.25) is 10.1 Å².